The van der Waals surface area contributed by atoms with Gasteiger partial charge in [0.15, 0.2) is 0 Å². The van der Waals surface area contributed by atoms with E-state index in [1.165, 1.54) is 0 Å². The molecule has 0 aliphatic heterocycles. The van der Waals surface area contributed by atoms with Crippen molar-refractivity contribution >= 4 is 0 Å². The van der Waals surface area contributed by atoms with Crippen LogP contribution in [0.5, 0.6) is 5.88 Å². The van der Waals surface area contributed by atoms with Gasteiger partial charge in [-0.05, 0) is 6.07 Å². The van der Waals surface area contributed by atoms with Crippen molar-refractivity contribution in [3.8, 4) is 5.88 Å². The zero-order valence-corrected chi connectivity index (χ0v) is 11.7. The second-order valence-corrected chi connectivity index (χ2v) is 2.75. The van der Waals surface area contributed by atoms with Crippen LogP contribution >= 0.6 is 0 Å². The van der Waals surface area contributed by atoms with Gasteiger partial charge in [-0.25, -0.2) is 0 Å². The van der Waals surface area contributed by atoms with Gasteiger partial charge in [0.2, 0.25) is 0 Å². The van der Waals surface area contributed by atoms with Crippen molar-refractivity contribution in [1.29, 1.82) is 0 Å². The summed E-state index contributed by atoms with van der Waals surface area (Å²) in [7, 11) is 0. The number of pyridine rings is 2. The molecule has 0 radical (unpaired) electrons. The van der Waals surface area contributed by atoms with Gasteiger partial charge in [0, 0.05) is 18.0 Å². The summed E-state index contributed by atoms with van der Waals surface area (Å²) in [5.74, 6) is 0.580. The maximum absolute atomic E-state index is 5.41. The topological polar surface area (TPSA) is 35.0 Å². The Morgan fingerprint density at radius 3 is 2.87 bits per heavy atom. The molecule has 2 rings (SSSR count). The van der Waals surface area contributed by atoms with Crippen LogP contribution in [-0.2, 0) is 6.61 Å². The van der Waals surface area contributed by atoms with Crippen LogP contribution in [-0.4, -0.2) is 9.97 Å². The predicted octanol–water partition coefficient (Wildman–Crippen LogP) is -1.14. The van der Waals surface area contributed by atoms with Gasteiger partial charge in [0.1, 0.15) is 6.61 Å². The first kappa shape index (κ1) is 12.8. The van der Waals surface area contributed by atoms with E-state index in [9.17, 15) is 0 Å². The molecular formula is C11H9KN2O. The zero-order valence-electron chi connectivity index (χ0n) is 8.55. The van der Waals surface area contributed by atoms with Crippen LogP contribution in [0.4, 0.5) is 0 Å². The third-order valence-electron chi connectivity index (χ3n) is 1.69. The number of aromatic nitrogens is 2. The molecule has 3 nitrogen and oxygen atoms in total. The summed E-state index contributed by atoms with van der Waals surface area (Å²) in [4.78, 5) is 7.91. The van der Waals surface area contributed by atoms with Gasteiger partial charge in [-0.1, -0.05) is 12.3 Å². The maximum Gasteiger partial charge on any atom is 1.00 e. The van der Waals surface area contributed by atoms with E-state index in [1.54, 1.807) is 24.5 Å². The molecule has 0 spiro atoms. The van der Waals surface area contributed by atoms with Gasteiger partial charge in [0.25, 0.3) is 0 Å². The van der Waals surface area contributed by atoms with Gasteiger partial charge in [0.05, 0.1) is 5.88 Å². The molecule has 0 aliphatic rings. The van der Waals surface area contributed by atoms with E-state index in [0.717, 1.165) is 5.56 Å². The molecule has 0 fully saturated rings. The molecule has 0 amide bonds. The van der Waals surface area contributed by atoms with Gasteiger partial charge in [-0.15, -0.1) is 6.07 Å². The number of hydrogen-bond acceptors (Lipinski definition) is 3. The molecule has 2 aromatic heterocycles. The van der Waals surface area contributed by atoms with E-state index in [0.29, 0.717) is 12.5 Å². The SMILES string of the molecule is [K+].[c-]1cccc(OCc2cccnc2)n1. The molecule has 15 heavy (non-hydrogen) atoms. The van der Waals surface area contributed by atoms with Crippen LogP contribution in [0.25, 0.3) is 0 Å². The smallest absolute Gasteiger partial charge is 0.530 e. The fourth-order valence-corrected chi connectivity index (χ4v) is 1.03. The van der Waals surface area contributed by atoms with Crippen molar-refractivity contribution in [3.05, 3.63) is 54.5 Å². The molecule has 0 saturated heterocycles. The van der Waals surface area contributed by atoms with E-state index >= 15 is 0 Å². The van der Waals surface area contributed by atoms with E-state index in [1.807, 2.05) is 18.2 Å². The standard InChI is InChI=1S/C11H9N2O.K/c1-2-7-13-11(5-1)14-9-10-4-3-6-12-8-10;/h1-6,8H,9H2;/q-1;+1. The van der Waals surface area contributed by atoms with Crippen LogP contribution in [0, 0.1) is 6.20 Å². The van der Waals surface area contributed by atoms with Crippen molar-refractivity contribution < 1.29 is 56.1 Å². The Kier molecular flexibility index (Phi) is 6.05. The fraction of sp³-hybridized carbons (Fsp3) is 0.0909. The monoisotopic (exact) mass is 224 g/mol. The van der Waals surface area contributed by atoms with Crippen LogP contribution in [0.2, 0.25) is 0 Å². The first-order valence-electron chi connectivity index (χ1n) is 4.30. The second-order valence-electron chi connectivity index (χ2n) is 2.75. The summed E-state index contributed by atoms with van der Waals surface area (Å²) in [6.45, 7) is 0.485. The van der Waals surface area contributed by atoms with Crippen LogP contribution in [0.1, 0.15) is 5.56 Å². The molecule has 0 aliphatic carbocycles. The molecule has 2 heterocycles. The van der Waals surface area contributed by atoms with Gasteiger partial charge < -0.3 is 9.72 Å². The minimum absolute atomic E-state index is 0. The number of nitrogens with zero attached hydrogens (tertiary/aromatic N) is 2. The number of hydrogen-bond donors (Lipinski definition) is 0. The zero-order chi connectivity index (χ0) is 9.64. The maximum atomic E-state index is 5.41. The minimum Gasteiger partial charge on any atom is -0.530 e. The molecule has 70 valence electrons. The van der Waals surface area contributed by atoms with Crippen molar-refractivity contribution in [2.75, 3.05) is 0 Å². The van der Waals surface area contributed by atoms with Crippen LogP contribution in [0.3, 0.4) is 0 Å². The normalized spacial score (nSPS) is 9.07. The predicted molar refractivity (Wildman–Crippen MR) is 51.6 cm³/mol. The Morgan fingerprint density at radius 2 is 2.20 bits per heavy atom. The Labute approximate surface area is 131 Å². The van der Waals surface area contributed by atoms with Gasteiger partial charge >= 0.3 is 51.4 Å². The summed E-state index contributed by atoms with van der Waals surface area (Å²) in [5, 5.41) is 0. The second kappa shape index (κ2) is 7.08. The van der Waals surface area contributed by atoms with Crippen LogP contribution in [0.15, 0.2) is 42.7 Å². The Bertz CT molecular complexity index is 341. The average Bonchev–Trinajstić information content (AvgIpc) is 2.29. The quantitative estimate of drug-likeness (QED) is 0.488. The fourth-order valence-electron chi connectivity index (χ4n) is 1.03. The van der Waals surface area contributed by atoms with E-state index in [-0.39, 0.29) is 51.4 Å². The van der Waals surface area contributed by atoms with Crippen molar-refractivity contribution in [2.24, 2.45) is 0 Å². The molecule has 0 unspecified atom stereocenters. The molecule has 0 N–H and O–H groups in total. The molecular weight excluding hydrogens is 215 g/mol. The molecule has 0 saturated carbocycles. The summed E-state index contributed by atoms with van der Waals surface area (Å²) in [5.41, 5.74) is 1.03. The Balaban J connectivity index is 0.00000112. The minimum atomic E-state index is 0. The summed E-state index contributed by atoms with van der Waals surface area (Å²) in [6.07, 6.45) is 6.21. The first-order chi connectivity index (χ1) is 6.95. The van der Waals surface area contributed by atoms with Crippen LogP contribution < -0.4 is 56.1 Å². The first-order valence-corrected chi connectivity index (χ1v) is 4.30. The molecule has 4 heteroatoms. The van der Waals surface area contributed by atoms with E-state index in [2.05, 4.69) is 16.2 Å². The van der Waals surface area contributed by atoms with Gasteiger partial charge in [-0.2, -0.15) is 12.1 Å². The van der Waals surface area contributed by atoms with Crippen molar-refractivity contribution in [2.45, 2.75) is 6.61 Å². The molecule has 2 aromatic rings. The molecule has 0 bridgehead atoms. The Morgan fingerprint density at radius 1 is 1.27 bits per heavy atom. The average molecular weight is 224 g/mol. The van der Waals surface area contributed by atoms with E-state index in [4.69, 9.17) is 4.74 Å². The third-order valence-corrected chi connectivity index (χ3v) is 1.69. The van der Waals surface area contributed by atoms with Crippen molar-refractivity contribution in [1.82, 2.24) is 9.97 Å². The summed E-state index contributed by atoms with van der Waals surface area (Å²) < 4.78 is 5.41. The van der Waals surface area contributed by atoms with Gasteiger partial charge in [-0.3, -0.25) is 4.98 Å². The molecule has 0 aromatic carbocycles. The van der Waals surface area contributed by atoms with Crippen molar-refractivity contribution in [3.63, 3.8) is 0 Å². The Hall–Kier alpha value is -0.264. The third kappa shape index (κ3) is 4.40. The summed E-state index contributed by atoms with van der Waals surface area (Å²) >= 11 is 0. The van der Waals surface area contributed by atoms with E-state index < -0.39 is 0 Å². The molecule has 0 atom stereocenters. The summed E-state index contributed by atoms with van der Waals surface area (Å²) in [6, 6.07) is 9.21. The number of rotatable bonds is 3. The number of ether oxygens (including phenoxy) is 1. The largest absolute Gasteiger partial charge is 1.00 e.